The molecule has 1 aromatic heterocycles. The van der Waals surface area contributed by atoms with E-state index in [-0.39, 0.29) is 5.97 Å². The van der Waals surface area contributed by atoms with Gasteiger partial charge in [0.2, 0.25) is 0 Å². The Hall–Kier alpha value is -2.16. The van der Waals surface area contributed by atoms with Crippen molar-refractivity contribution in [2.75, 3.05) is 7.11 Å². The maximum absolute atomic E-state index is 11.4. The van der Waals surface area contributed by atoms with Gasteiger partial charge in [-0.3, -0.25) is 0 Å². The molecule has 0 radical (unpaired) electrons. The third-order valence-corrected chi connectivity index (χ3v) is 3.30. The average molecular weight is 360 g/mol. The molecular weight excluding hydrogens is 322 g/mol. The lowest BCUT2D eigenvalue weighted by atomic mass is 10.0. The molecule has 1 heterocycles. The molecule has 0 fully saturated rings. The van der Waals surface area contributed by atoms with Gasteiger partial charge in [0.05, 0.1) is 7.11 Å². The van der Waals surface area contributed by atoms with Crippen LogP contribution in [0.5, 0.6) is 0 Å². The van der Waals surface area contributed by atoms with Crippen LogP contribution in [-0.2, 0) is 24.0 Å². The predicted octanol–water partition coefficient (Wildman–Crippen LogP) is 6.29. The van der Waals surface area contributed by atoms with Crippen LogP contribution in [0.15, 0.2) is 42.5 Å². The number of benzene rings is 1. The summed E-state index contributed by atoms with van der Waals surface area (Å²) in [5, 5.41) is 0. The molecule has 146 valence electrons. The fourth-order valence-electron chi connectivity index (χ4n) is 2.05. The summed E-state index contributed by atoms with van der Waals surface area (Å²) in [6.07, 6.45) is 2.79. The number of hydrogen-bond donors (Lipinski definition) is 0. The third kappa shape index (κ3) is 9.97. The molecule has 0 unspecified atom stereocenters. The van der Waals surface area contributed by atoms with Gasteiger partial charge in [0.1, 0.15) is 5.69 Å². The van der Waals surface area contributed by atoms with E-state index in [1.165, 1.54) is 18.2 Å². The molecule has 0 aliphatic rings. The third-order valence-electron chi connectivity index (χ3n) is 3.30. The largest absolute Gasteiger partial charge is 0.464 e. The molecule has 0 atom stereocenters. The van der Waals surface area contributed by atoms with Crippen LogP contribution >= 0.6 is 0 Å². The first-order valence-corrected chi connectivity index (χ1v) is 9.85. The highest BCUT2D eigenvalue weighted by molar-refractivity contribution is 5.87. The fourth-order valence-corrected chi connectivity index (χ4v) is 2.05. The first-order valence-electron chi connectivity index (χ1n) is 9.85. The van der Waals surface area contributed by atoms with Crippen LogP contribution in [-0.4, -0.2) is 18.1 Å². The molecule has 3 nitrogen and oxygen atoms in total. The first-order chi connectivity index (χ1) is 12.7. The zero-order valence-electron chi connectivity index (χ0n) is 17.9. The van der Waals surface area contributed by atoms with E-state index in [1.807, 2.05) is 53.7 Å². The summed E-state index contributed by atoms with van der Waals surface area (Å²) in [7, 11) is 1.37. The molecule has 0 saturated heterocycles. The highest BCUT2D eigenvalue weighted by atomic mass is 16.5. The number of ether oxygens (including phenoxy) is 1. The molecule has 0 amide bonds. The van der Waals surface area contributed by atoms with Crippen molar-refractivity contribution in [3.8, 4) is 0 Å². The van der Waals surface area contributed by atoms with Gasteiger partial charge in [-0.15, -0.1) is 0 Å². The summed E-state index contributed by atoms with van der Waals surface area (Å²) in [6, 6.07) is 14.1. The molecule has 2 rings (SSSR count). The molecule has 0 saturated carbocycles. The fraction of sp³-hybridized carbons (Fsp3) is 0.478. The van der Waals surface area contributed by atoms with E-state index in [4.69, 9.17) is 0 Å². The van der Waals surface area contributed by atoms with Gasteiger partial charge >= 0.3 is 5.97 Å². The van der Waals surface area contributed by atoms with Crippen molar-refractivity contribution in [3.63, 3.8) is 0 Å². The van der Waals surface area contributed by atoms with Crippen LogP contribution in [0.2, 0.25) is 0 Å². The number of carbonyl (C=O) groups excluding carboxylic acids is 1. The second kappa shape index (κ2) is 17.7. The van der Waals surface area contributed by atoms with Gasteiger partial charge in [-0.1, -0.05) is 78.8 Å². The van der Waals surface area contributed by atoms with Gasteiger partial charge in [0.25, 0.3) is 0 Å². The first kappa shape index (κ1) is 26.1. The number of aryl methyl sites for hydroxylation is 3. The standard InChI is InChI=1S/C17H19NO2.3C2H6/c1-3-13-7-9-14(10-8-13)11-12-15-5-4-6-16(18-15)17(19)20-2;3*1-2/h4-10H,3,11-12H2,1-2H3;3*1-2H3. The van der Waals surface area contributed by atoms with Crippen LogP contribution in [0.1, 0.15) is 75.8 Å². The van der Waals surface area contributed by atoms with Crippen molar-refractivity contribution in [1.82, 2.24) is 4.98 Å². The maximum atomic E-state index is 11.4. The summed E-state index contributed by atoms with van der Waals surface area (Å²) in [6.45, 7) is 14.2. The lowest BCUT2D eigenvalue weighted by Crippen LogP contribution is -2.06. The van der Waals surface area contributed by atoms with E-state index in [9.17, 15) is 4.79 Å². The predicted molar refractivity (Wildman–Crippen MR) is 113 cm³/mol. The Morgan fingerprint density at radius 2 is 1.38 bits per heavy atom. The van der Waals surface area contributed by atoms with Crippen molar-refractivity contribution < 1.29 is 9.53 Å². The normalized spacial score (nSPS) is 8.62. The van der Waals surface area contributed by atoms with Crippen LogP contribution in [0.3, 0.4) is 0 Å². The highest BCUT2D eigenvalue weighted by Gasteiger charge is 2.07. The summed E-state index contributed by atoms with van der Waals surface area (Å²) < 4.78 is 4.68. The molecule has 0 spiro atoms. The van der Waals surface area contributed by atoms with Gasteiger partial charge < -0.3 is 4.74 Å². The summed E-state index contributed by atoms with van der Waals surface area (Å²) in [5.74, 6) is -0.390. The number of pyridine rings is 1. The van der Waals surface area contributed by atoms with E-state index < -0.39 is 0 Å². The Morgan fingerprint density at radius 1 is 0.846 bits per heavy atom. The number of nitrogens with zero attached hydrogens (tertiary/aromatic N) is 1. The van der Waals surface area contributed by atoms with Crippen LogP contribution in [0.4, 0.5) is 0 Å². The second-order valence-electron chi connectivity index (χ2n) is 4.68. The highest BCUT2D eigenvalue weighted by Crippen LogP contribution is 2.09. The Balaban J connectivity index is 0. The lowest BCUT2D eigenvalue weighted by molar-refractivity contribution is 0.0593. The van der Waals surface area contributed by atoms with Gasteiger partial charge in [-0.2, -0.15) is 0 Å². The number of hydrogen-bond acceptors (Lipinski definition) is 3. The number of esters is 1. The van der Waals surface area contributed by atoms with Crippen LogP contribution in [0.25, 0.3) is 0 Å². The average Bonchev–Trinajstić information content (AvgIpc) is 2.76. The SMILES string of the molecule is CC.CC.CC.CCc1ccc(CCc2cccc(C(=O)OC)n2)cc1. The quantitative estimate of drug-likeness (QED) is 0.588. The second-order valence-corrected chi connectivity index (χ2v) is 4.68. The Kier molecular flexibility index (Phi) is 17.7. The van der Waals surface area contributed by atoms with E-state index in [1.54, 1.807) is 6.07 Å². The smallest absolute Gasteiger partial charge is 0.356 e. The monoisotopic (exact) mass is 359 g/mol. The Bertz CT molecular complexity index is 577. The van der Waals surface area contributed by atoms with E-state index in [2.05, 4.69) is 40.9 Å². The zero-order chi connectivity index (χ0) is 20.4. The van der Waals surface area contributed by atoms with Crippen LogP contribution in [0, 0.1) is 0 Å². The van der Waals surface area contributed by atoms with Crippen molar-refractivity contribution >= 4 is 5.97 Å². The number of rotatable bonds is 5. The van der Waals surface area contributed by atoms with E-state index >= 15 is 0 Å². The zero-order valence-corrected chi connectivity index (χ0v) is 17.9. The Morgan fingerprint density at radius 3 is 1.88 bits per heavy atom. The van der Waals surface area contributed by atoms with Gasteiger partial charge in [-0.05, 0) is 42.5 Å². The number of aromatic nitrogens is 1. The molecule has 0 bridgehead atoms. The molecule has 3 heteroatoms. The van der Waals surface area contributed by atoms with Gasteiger partial charge in [0, 0.05) is 5.69 Å². The summed E-state index contributed by atoms with van der Waals surface area (Å²) >= 11 is 0. The van der Waals surface area contributed by atoms with Gasteiger partial charge in [0.15, 0.2) is 0 Å². The lowest BCUT2D eigenvalue weighted by Gasteiger charge is -2.04. The summed E-state index contributed by atoms with van der Waals surface area (Å²) in [4.78, 5) is 15.7. The topological polar surface area (TPSA) is 39.2 Å². The van der Waals surface area contributed by atoms with Crippen molar-refractivity contribution in [3.05, 3.63) is 65.0 Å². The van der Waals surface area contributed by atoms with E-state index in [0.717, 1.165) is 25.0 Å². The Labute approximate surface area is 160 Å². The van der Waals surface area contributed by atoms with Crippen molar-refractivity contribution in [2.45, 2.75) is 67.7 Å². The molecule has 26 heavy (non-hydrogen) atoms. The molecule has 1 aromatic carbocycles. The molecule has 2 aromatic rings. The molecule has 0 N–H and O–H groups in total. The van der Waals surface area contributed by atoms with Crippen molar-refractivity contribution in [1.29, 1.82) is 0 Å². The molecule has 0 aliphatic carbocycles. The van der Waals surface area contributed by atoms with Gasteiger partial charge in [-0.25, -0.2) is 9.78 Å². The van der Waals surface area contributed by atoms with Crippen molar-refractivity contribution in [2.24, 2.45) is 0 Å². The minimum atomic E-state index is -0.390. The molecular formula is C23H37NO2. The molecule has 0 aliphatic heterocycles. The summed E-state index contributed by atoms with van der Waals surface area (Å²) in [5.41, 5.74) is 3.91. The van der Waals surface area contributed by atoms with E-state index in [0.29, 0.717) is 5.69 Å². The maximum Gasteiger partial charge on any atom is 0.356 e. The van der Waals surface area contributed by atoms with Crippen LogP contribution < -0.4 is 0 Å². The minimum absolute atomic E-state index is 0.367. The number of methoxy groups -OCH3 is 1. The number of carbonyl (C=O) groups is 1. The minimum Gasteiger partial charge on any atom is -0.464 e.